The van der Waals surface area contributed by atoms with Crippen molar-refractivity contribution in [2.75, 3.05) is 33.2 Å². The van der Waals surface area contributed by atoms with Gasteiger partial charge in [-0.1, -0.05) is 18.2 Å². The van der Waals surface area contributed by atoms with Crippen LogP contribution in [0.15, 0.2) is 24.3 Å². The molecule has 0 aliphatic carbocycles. The lowest BCUT2D eigenvalue weighted by Gasteiger charge is -2.32. The molecule has 1 heterocycles. The van der Waals surface area contributed by atoms with Crippen molar-refractivity contribution in [1.29, 1.82) is 0 Å². The molecule has 1 aliphatic heterocycles. The summed E-state index contributed by atoms with van der Waals surface area (Å²) in [6.45, 7) is 3.41. The SMILES string of the molecule is CN1CCN(C(=O)CCc2ccccc2F)CC1. The van der Waals surface area contributed by atoms with E-state index in [1.165, 1.54) is 6.07 Å². The lowest BCUT2D eigenvalue weighted by Crippen LogP contribution is -2.47. The summed E-state index contributed by atoms with van der Waals surface area (Å²) in [5.41, 5.74) is 0.625. The second kappa shape index (κ2) is 5.96. The number of amides is 1. The fraction of sp³-hybridized carbons (Fsp3) is 0.500. The van der Waals surface area contributed by atoms with E-state index >= 15 is 0 Å². The maximum atomic E-state index is 13.4. The van der Waals surface area contributed by atoms with Crippen LogP contribution in [0.2, 0.25) is 0 Å². The van der Waals surface area contributed by atoms with Gasteiger partial charge in [-0.15, -0.1) is 0 Å². The molecule has 0 radical (unpaired) electrons. The molecule has 18 heavy (non-hydrogen) atoms. The second-order valence-electron chi connectivity index (χ2n) is 4.78. The molecule has 0 aromatic heterocycles. The average Bonchev–Trinajstić information content (AvgIpc) is 2.38. The second-order valence-corrected chi connectivity index (χ2v) is 4.78. The van der Waals surface area contributed by atoms with Crippen LogP contribution in [-0.4, -0.2) is 48.9 Å². The quantitative estimate of drug-likeness (QED) is 0.812. The highest BCUT2D eigenvalue weighted by atomic mass is 19.1. The zero-order valence-corrected chi connectivity index (χ0v) is 10.7. The van der Waals surface area contributed by atoms with E-state index in [1.807, 2.05) is 4.90 Å². The molecule has 1 aromatic carbocycles. The van der Waals surface area contributed by atoms with Crippen LogP contribution in [-0.2, 0) is 11.2 Å². The molecule has 0 unspecified atom stereocenters. The Morgan fingerprint density at radius 1 is 1.22 bits per heavy atom. The fourth-order valence-corrected chi connectivity index (χ4v) is 2.16. The number of piperazine rings is 1. The number of halogens is 1. The number of likely N-dealkylation sites (N-methyl/N-ethyl adjacent to an activating group) is 1. The molecule has 0 bridgehead atoms. The Hall–Kier alpha value is -1.42. The standard InChI is InChI=1S/C14H19FN2O/c1-16-8-10-17(11-9-16)14(18)7-6-12-4-2-3-5-13(12)15/h2-5H,6-11H2,1H3. The van der Waals surface area contributed by atoms with Crippen molar-refractivity contribution in [2.24, 2.45) is 0 Å². The molecule has 3 nitrogen and oxygen atoms in total. The van der Waals surface area contributed by atoms with Crippen LogP contribution >= 0.6 is 0 Å². The van der Waals surface area contributed by atoms with Crippen molar-refractivity contribution >= 4 is 5.91 Å². The monoisotopic (exact) mass is 250 g/mol. The van der Waals surface area contributed by atoms with Crippen LogP contribution in [0.3, 0.4) is 0 Å². The summed E-state index contributed by atoms with van der Waals surface area (Å²) >= 11 is 0. The van der Waals surface area contributed by atoms with Crippen molar-refractivity contribution in [1.82, 2.24) is 9.80 Å². The van der Waals surface area contributed by atoms with E-state index < -0.39 is 0 Å². The molecular weight excluding hydrogens is 231 g/mol. The lowest BCUT2D eigenvalue weighted by atomic mass is 10.1. The summed E-state index contributed by atoms with van der Waals surface area (Å²) in [6.07, 6.45) is 0.877. The van der Waals surface area contributed by atoms with Gasteiger partial charge in [0.1, 0.15) is 5.82 Å². The molecule has 0 N–H and O–H groups in total. The van der Waals surface area contributed by atoms with E-state index in [0.717, 1.165) is 26.2 Å². The molecule has 4 heteroatoms. The Bertz CT molecular complexity index is 414. The number of rotatable bonds is 3. The molecule has 98 valence electrons. The van der Waals surface area contributed by atoms with E-state index in [1.54, 1.807) is 18.2 Å². The van der Waals surface area contributed by atoms with Gasteiger partial charge in [-0.3, -0.25) is 4.79 Å². The van der Waals surface area contributed by atoms with Gasteiger partial charge in [0.25, 0.3) is 0 Å². The number of carbonyl (C=O) groups excluding carboxylic acids is 1. The lowest BCUT2D eigenvalue weighted by molar-refractivity contribution is -0.132. The maximum absolute atomic E-state index is 13.4. The fourth-order valence-electron chi connectivity index (χ4n) is 2.16. The van der Waals surface area contributed by atoms with Gasteiger partial charge in [0.05, 0.1) is 0 Å². The predicted octanol–water partition coefficient (Wildman–Crippen LogP) is 1.53. The summed E-state index contributed by atoms with van der Waals surface area (Å²) in [7, 11) is 2.06. The number of carbonyl (C=O) groups is 1. The van der Waals surface area contributed by atoms with Crippen LogP contribution in [0.4, 0.5) is 4.39 Å². The highest BCUT2D eigenvalue weighted by Crippen LogP contribution is 2.10. The molecule has 1 amide bonds. The van der Waals surface area contributed by atoms with Gasteiger partial charge in [0.15, 0.2) is 0 Å². The summed E-state index contributed by atoms with van der Waals surface area (Å²) in [5.74, 6) is -0.0879. The third-order valence-corrected chi connectivity index (χ3v) is 3.42. The first-order valence-corrected chi connectivity index (χ1v) is 6.36. The van der Waals surface area contributed by atoms with Crippen molar-refractivity contribution < 1.29 is 9.18 Å². The van der Waals surface area contributed by atoms with Gasteiger partial charge in [-0.2, -0.15) is 0 Å². The number of hydrogen-bond acceptors (Lipinski definition) is 2. The molecule has 0 spiro atoms. The van der Waals surface area contributed by atoms with Crippen LogP contribution in [0.5, 0.6) is 0 Å². The van der Waals surface area contributed by atoms with Crippen LogP contribution in [0, 0.1) is 5.82 Å². The smallest absolute Gasteiger partial charge is 0.222 e. The Labute approximate surface area is 107 Å². The van der Waals surface area contributed by atoms with Crippen LogP contribution in [0.25, 0.3) is 0 Å². The highest BCUT2D eigenvalue weighted by Gasteiger charge is 2.18. The Morgan fingerprint density at radius 3 is 2.56 bits per heavy atom. The Kier molecular flexibility index (Phi) is 4.31. The third kappa shape index (κ3) is 3.29. The van der Waals surface area contributed by atoms with E-state index in [4.69, 9.17) is 0 Å². The molecular formula is C14H19FN2O. The van der Waals surface area contributed by atoms with Crippen LogP contribution < -0.4 is 0 Å². The molecule has 0 saturated carbocycles. The minimum Gasteiger partial charge on any atom is -0.340 e. The first-order valence-electron chi connectivity index (χ1n) is 6.36. The first kappa shape index (κ1) is 13.0. The van der Waals surface area contributed by atoms with E-state index in [9.17, 15) is 9.18 Å². The summed E-state index contributed by atoms with van der Waals surface area (Å²) < 4.78 is 13.4. The van der Waals surface area contributed by atoms with Crippen molar-refractivity contribution in [2.45, 2.75) is 12.8 Å². The molecule has 1 aliphatic rings. The van der Waals surface area contributed by atoms with Crippen molar-refractivity contribution in [3.05, 3.63) is 35.6 Å². The first-order chi connectivity index (χ1) is 8.66. The van der Waals surface area contributed by atoms with Gasteiger partial charge in [0.2, 0.25) is 5.91 Å². The summed E-state index contributed by atoms with van der Waals surface area (Å²) in [4.78, 5) is 16.1. The Morgan fingerprint density at radius 2 is 1.89 bits per heavy atom. The number of hydrogen-bond donors (Lipinski definition) is 0. The molecule has 0 atom stereocenters. The minimum atomic E-state index is -0.219. The maximum Gasteiger partial charge on any atom is 0.222 e. The predicted molar refractivity (Wildman–Crippen MR) is 68.8 cm³/mol. The largest absolute Gasteiger partial charge is 0.340 e. The molecule has 2 rings (SSSR count). The Balaban J connectivity index is 1.83. The van der Waals surface area contributed by atoms with E-state index in [-0.39, 0.29) is 11.7 Å². The number of nitrogens with zero attached hydrogens (tertiary/aromatic N) is 2. The van der Waals surface area contributed by atoms with E-state index in [2.05, 4.69) is 11.9 Å². The molecule has 1 aromatic rings. The normalized spacial score (nSPS) is 16.9. The van der Waals surface area contributed by atoms with Gasteiger partial charge < -0.3 is 9.80 Å². The number of aryl methyl sites for hydroxylation is 1. The van der Waals surface area contributed by atoms with Gasteiger partial charge in [-0.25, -0.2) is 4.39 Å². The van der Waals surface area contributed by atoms with Gasteiger partial charge in [-0.05, 0) is 25.1 Å². The average molecular weight is 250 g/mol. The summed E-state index contributed by atoms with van der Waals surface area (Å²) in [5, 5.41) is 0. The zero-order valence-electron chi connectivity index (χ0n) is 10.7. The highest BCUT2D eigenvalue weighted by molar-refractivity contribution is 5.76. The van der Waals surface area contributed by atoms with Gasteiger partial charge >= 0.3 is 0 Å². The zero-order chi connectivity index (χ0) is 13.0. The topological polar surface area (TPSA) is 23.6 Å². The summed E-state index contributed by atoms with van der Waals surface area (Å²) in [6, 6.07) is 6.65. The van der Waals surface area contributed by atoms with Gasteiger partial charge in [0, 0.05) is 32.6 Å². The third-order valence-electron chi connectivity index (χ3n) is 3.42. The minimum absolute atomic E-state index is 0.131. The van der Waals surface area contributed by atoms with Crippen molar-refractivity contribution in [3.8, 4) is 0 Å². The molecule has 1 fully saturated rings. The van der Waals surface area contributed by atoms with Crippen LogP contribution in [0.1, 0.15) is 12.0 Å². The number of benzene rings is 1. The molecule has 1 saturated heterocycles. The van der Waals surface area contributed by atoms with E-state index in [0.29, 0.717) is 18.4 Å². The van der Waals surface area contributed by atoms with Crippen molar-refractivity contribution in [3.63, 3.8) is 0 Å².